The lowest BCUT2D eigenvalue weighted by atomic mass is 10.0. The Labute approximate surface area is 144 Å². The average molecular weight is 338 g/mol. The summed E-state index contributed by atoms with van der Waals surface area (Å²) in [6, 6.07) is 13.6. The summed E-state index contributed by atoms with van der Waals surface area (Å²) in [6.07, 6.45) is 2.39. The highest BCUT2D eigenvalue weighted by Gasteiger charge is 2.35. The minimum atomic E-state index is -0.0574. The molecular weight excluding hydrogens is 320 g/mol. The molecule has 1 aliphatic rings. The standard InChI is InChI=1S/C18H18N4O3/c23-18(19-9-8-13-5-2-1-3-6-13)22-11-14(12-22)17-20-16(21-25-17)15-7-4-10-24-15/h1-7,10,14H,8-9,11-12H2,(H,19,23). The van der Waals surface area contributed by atoms with E-state index in [0.717, 1.165) is 6.42 Å². The fourth-order valence-corrected chi connectivity index (χ4v) is 2.78. The van der Waals surface area contributed by atoms with Gasteiger partial charge in [-0.25, -0.2) is 4.79 Å². The van der Waals surface area contributed by atoms with Crippen LogP contribution in [0.3, 0.4) is 0 Å². The number of nitrogens with zero attached hydrogens (tertiary/aromatic N) is 3. The number of hydrogen-bond acceptors (Lipinski definition) is 5. The monoisotopic (exact) mass is 338 g/mol. The predicted octanol–water partition coefficient (Wildman–Crippen LogP) is 2.68. The number of amides is 2. The van der Waals surface area contributed by atoms with Crippen molar-refractivity contribution in [3.8, 4) is 11.6 Å². The van der Waals surface area contributed by atoms with E-state index in [0.29, 0.717) is 37.1 Å². The summed E-state index contributed by atoms with van der Waals surface area (Å²) in [5.41, 5.74) is 1.21. The number of furan rings is 1. The molecule has 1 N–H and O–H groups in total. The van der Waals surface area contributed by atoms with Gasteiger partial charge in [-0.05, 0) is 24.1 Å². The zero-order valence-electron chi connectivity index (χ0n) is 13.6. The van der Waals surface area contributed by atoms with Crippen LogP contribution in [0.5, 0.6) is 0 Å². The Bertz CT molecular complexity index is 823. The van der Waals surface area contributed by atoms with Crippen LogP contribution in [0.15, 0.2) is 57.7 Å². The van der Waals surface area contributed by atoms with Gasteiger partial charge in [0.15, 0.2) is 5.76 Å². The number of nitrogens with one attached hydrogen (secondary N) is 1. The third-order valence-corrected chi connectivity index (χ3v) is 4.23. The Kier molecular flexibility index (Phi) is 4.20. The van der Waals surface area contributed by atoms with E-state index in [2.05, 4.69) is 27.6 Å². The van der Waals surface area contributed by atoms with Gasteiger partial charge in [-0.3, -0.25) is 0 Å². The highest BCUT2D eigenvalue weighted by Crippen LogP contribution is 2.27. The van der Waals surface area contributed by atoms with Gasteiger partial charge in [-0.15, -0.1) is 0 Å². The third kappa shape index (κ3) is 3.40. The van der Waals surface area contributed by atoms with Gasteiger partial charge in [0.2, 0.25) is 11.7 Å². The first-order chi connectivity index (χ1) is 12.3. The molecule has 3 aromatic rings. The second-order valence-corrected chi connectivity index (χ2v) is 6.00. The van der Waals surface area contributed by atoms with Gasteiger partial charge >= 0.3 is 6.03 Å². The van der Waals surface area contributed by atoms with E-state index in [1.165, 1.54) is 5.56 Å². The van der Waals surface area contributed by atoms with Crippen molar-refractivity contribution in [2.24, 2.45) is 0 Å². The van der Waals surface area contributed by atoms with E-state index in [-0.39, 0.29) is 11.9 Å². The molecule has 4 rings (SSSR count). The summed E-state index contributed by atoms with van der Waals surface area (Å²) in [5, 5.41) is 6.85. The van der Waals surface area contributed by atoms with Crippen LogP contribution >= 0.6 is 0 Å². The van der Waals surface area contributed by atoms with Crippen molar-refractivity contribution in [1.29, 1.82) is 0 Å². The lowest BCUT2D eigenvalue weighted by Crippen LogP contribution is -2.52. The van der Waals surface area contributed by atoms with Crippen LogP contribution in [0.4, 0.5) is 4.79 Å². The average Bonchev–Trinajstić information content (AvgIpc) is 3.26. The Morgan fingerprint density at radius 1 is 1.20 bits per heavy atom. The Morgan fingerprint density at radius 3 is 2.80 bits per heavy atom. The van der Waals surface area contributed by atoms with Crippen molar-refractivity contribution in [3.05, 3.63) is 60.2 Å². The minimum absolute atomic E-state index is 0.0574. The van der Waals surface area contributed by atoms with Gasteiger partial charge in [0.25, 0.3) is 0 Å². The number of rotatable bonds is 5. The van der Waals surface area contributed by atoms with E-state index in [4.69, 9.17) is 8.94 Å². The molecule has 0 bridgehead atoms. The third-order valence-electron chi connectivity index (χ3n) is 4.23. The Morgan fingerprint density at radius 2 is 2.04 bits per heavy atom. The molecule has 0 atom stereocenters. The van der Waals surface area contributed by atoms with Gasteiger partial charge in [-0.2, -0.15) is 4.98 Å². The molecule has 2 aromatic heterocycles. The fourth-order valence-electron chi connectivity index (χ4n) is 2.78. The van der Waals surface area contributed by atoms with E-state index in [9.17, 15) is 4.79 Å². The topological polar surface area (TPSA) is 84.4 Å². The number of likely N-dealkylation sites (tertiary alicyclic amines) is 1. The van der Waals surface area contributed by atoms with E-state index in [1.807, 2.05) is 18.2 Å². The molecule has 7 nitrogen and oxygen atoms in total. The van der Waals surface area contributed by atoms with Crippen LogP contribution in [0.1, 0.15) is 17.4 Å². The lowest BCUT2D eigenvalue weighted by molar-refractivity contribution is 0.137. The number of aromatic nitrogens is 2. The molecular formula is C18H18N4O3. The number of carbonyl (C=O) groups excluding carboxylic acids is 1. The van der Waals surface area contributed by atoms with Crippen molar-refractivity contribution < 1.29 is 13.7 Å². The van der Waals surface area contributed by atoms with Crippen molar-refractivity contribution >= 4 is 6.03 Å². The lowest BCUT2D eigenvalue weighted by Gasteiger charge is -2.36. The minimum Gasteiger partial charge on any atom is -0.461 e. The van der Waals surface area contributed by atoms with Crippen LogP contribution in [-0.4, -0.2) is 40.7 Å². The number of benzene rings is 1. The Balaban J connectivity index is 1.24. The summed E-state index contributed by atoms with van der Waals surface area (Å²) in [4.78, 5) is 18.2. The van der Waals surface area contributed by atoms with Gasteiger partial charge in [0.05, 0.1) is 12.2 Å². The van der Waals surface area contributed by atoms with E-state index >= 15 is 0 Å². The molecule has 0 radical (unpaired) electrons. The quantitative estimate of drug-likeness (QED) is 0.773. The zero-order valence-corrected chi connectivity index (χ0v) is 13.6. The van der Waals surface area contributed by atoms with Crippen LogP contribution in [0, 0.1) is 0 Å². The van der Waals surface area contributed by atoms with Crippen molar-refractivity contribution in [1.82, 2.24) is 20.4 Å². The maximum atomic E-state index is 12.1. The van der Waals surface area contributed by atoms with Crippen molar-refractivity contribution in [3.63, 3.8) is 0 Å². The first-order valence-corrected chi connectivity index (χ1v) is 8.24. The van der Waals surface area contributed by atoms with Gasteiger partial charge in [-0.1, -0.05) is 35.5 Å². The van der Waals surface area contributed by atoms with Crippen molar-refractivity contribution in [2.75, 3.05) is 19.6 Å². The molecule has 0 aliphatic carbocycles. The molecule has 2 amide bonds. The molecule has 3 heterocycles. The molecule has 1 saturated heterocycles. The number of hydrogen-bond donors (Lipinski definition) is 1. The first-order valence-electron chi connectivity index (χ1n) is 8.24. The van der Waals surface area contributed by atoms with Crippen LogP contribution in [0.25, 0.3) is 11.6 Å². The molecule has 0 saturated carbocycles. The summed E-state index contributed by atoms with van der Waals surface area (Å²) >= 11 is 0. The fraction of sp³-hybridized carbons (Fsp3) is 0.278. The highest BCUT2D eigenvalue weighted by atomic mass is 16.5. The van der Waals surface area contributed by atoms with Crippen LogP contribution in [0.2, 0.25) is 0 Å². The molecule has 1 aromatic carbocycles. The van der Waals surface area contributed by atoms with Gasteiger partial charge in [0, 0.05) is 19.6 Å². The summed E-state index contributed by atoms with van der Waals surface area (Å²) in [5.74, 6) is 1.63. The predicted molar refractivity (Wildman–Crippen MR) is 89.9 cm³/mol. The molecule has 25 heavy (non-hydrogen) atoms. The molecule has 1 fully saturated rings. The zero-order chi connectivity index (χ0) is 17.1. The molecule has 0 unspecified atom stereocenters. The smallest absolute Gasteiger partial charge is 0.317 e. The maximum Gasteiger partial charge on any atom is 0.317 e. The summed E-state index contributed by atoms with van der Waals surface area (Å²) in [7, 11) is 0. The van der Waals surface area contributed by atoms with E-state index in [1.54, 1.807) is 23.3 Å². The van der Waals surface area contributed by atoms with Gasteiger partial charge < -0.3 is 19.2 Å². The highest BCUT2D eigenvalue weighted by molar-refractivity contribution is 5.75. The molecule has 0 spiro atoms. The molecule has 1 aliphatic heterocycles. The molecule has 7 heteroatoms. The number of urea groups is 1. The second kappa shape index (κ2) is 6.80. The van der Waals surface area contributed by atoms with Crippen molar-refractivity contribution in [2.45, 2.75) is 12.3 Å². The van der Waals surface area contributed by atoms with Gasteiger partial charge in [0.1, 0.15) is 0 Å². The first kappa shape index (κ1) is 15.4. The van der Waals surface area contributed by atoms with Crippen LogP contribution < -0.4 is 5.32 Å². The largest absolute Gasteiger partial charge is 0.461 e. The maximum absolute atomic E-state index is 12.1. The second-order valence-electron chi connectivity index (χ2n) is 6.00. The van der Waals surface area contributed by atoms with E-state index < -0.39 is 0 Å². The SMILES string of the molecule is O=C(NCCc1ccccc1)N1CC(c2nc(-c3ccco3)no2)C1. The summed E-state index contributed by atoms with van der Waals surface area (Å²) < 4.78 is 10.5. The normalized spacial score (nSPS) is 14.3. The molecule has 128 valence electrons. The Hall–Kier alpha value is -3.09. The summed E-state index contributed by atoms with van der Waals surface area (Å²) in [6.45, 7) is 1.78. The van der Waals surface area contributed by atoms with Crippen LogP contribution in [-0.2, 0) is 6.42 Å². The number of carbonyl (C=O) groups is 1.